The highest BCUT2D eigenvalue weighted by molar-refractivity contribution is 4.90. The Morgan fingerprint density at radius 2 is 1.57 bits per heavy atom. The number of aliphatic hydroxyl groups excluding tert-OH is 1. The lowest BCUT2D eigenvalue weighted by Gasteiger charge is -2.46. The molecule has 3 atom stereocenters. The van der Waals surface area contributed by atoms with Crippen LogP contribution in [0.5, 0.6) is 0 Å². The van der Waals surface area contributed by atoms with E-state index in [0.717, 1.165) is 18.4 Å². The summed E-state index contributed by atoms with van der Waals surface area (Å²) in [5, 5.41) is 10.4. The van der Waals surface area contributed by atoms with Crippen LogP contribution < -0.4 is 0 Å². The molecule has 122 valence electrons. The van der Waals surface area contributed by atoms with E-state index >= 15 is 0 Å². The molecule has 1 aliphatic carbocycles. The van der Waals surface area contributed by atoms with Gasteiger partial charge in [-0.05, 0) is 64.0 Å². The minimum absolute atomic E-state index is 0.0701. The second kappa shape index (κ2) is 7.43. The molecule has 0 aromatic rings. The molecule has 1 saturated carbocycles. The van der Waals surface area contributed by atoms with Crippen molar-refractivity contribution in [2.45, 2.75) is 82.9 Å². The predicted molar refractivity (Wildman–Crippen MR) is 87.4 cm³/mol. The highest BCUT2D eigenvalue weighted by Gasteiger charge is 2.35. The van der Waals surface area contributed by atoms with E-state index in [-0.39, 0.29) is 6.10 Å². The van der Waals surface area contributed by atoms with Crippen LogP contribution in [0.3, 0.4) is 0 Å². The molecule has 2 saturated heterocycles. The van der Waals surface area contributed by atoms with E-state index in [2.05, 4.69) is 16.7 Å². The molecule has 3 nitrogen and oxygen atoms in total. The fraction of sp³-hybridized carbons (Fsp3) is 1.00. The van der Waals surface area contributed by atoms with Crippen LogP contribution in [0.15, 0.2) is 0 Å². The maximum atomic E-state index is 10.4. The zero-order chi connectivity index (χ0) is 14.7. The first-order valence-electron chi connectivity index (χ1n) is 9.44. The lowest BCUT2D eigenvalue weighted by molar-refractivity contribution is -0.0187. The van der Waals surface area contributed by atoms with Gasteiger partial charge in [-0.15, -0.1) is 0 Å². The van der Waals surface area contributed by atoms with E-state index < -0.39 is 0 Å². The van der Waals surface area contributed by atoms with Crippen molar-refractivity contribution in [3.8, 4) is 0 Å². The van der Waals surface area contributed by atoms with Crippen LogP contribution in [0, 0.1) is 5.92 Å². The van der Waals surface area contributed by atoms with Gasteiger partial charge in [0.15, 0.2) is 0 Å². The average Bonchev–Trinajstić information content (AvgIpc) is 2.56. The van der Waals surface area contributed by atoms with Gasteiger partial charge in [0.2, 0.25) is 0 Å². The fourth-order valence-electron chi connectivity index (χ4n) is 4.84. The zero-order valence-electron chi connectivity index (χ0n) is 13.8. The summed E-state index contributed by atoms with van der Waals surface area (Å²) in [4.78, 5) is 5.36. The molecule has 0 bridgehead atoms. The number of hydrogen-bond acceptors (Lipinski definition) is 3. The van der Waals surface area contributed by atoms with E-state index in [1.165, 1.54) is 77.5 Å². The maximum absolute atomic E-state index is 10.4. The minimum Gasteiger partial charge on any atom is -0.391 e. The third-order valence-electron chi connectivity index (χ3n) is 6.34. The second-order valence-corrected chi connectivity index (χ2v) is 7.59. The van der Waals surface area contributed by atoms with Gasteiger partial charge in [0.05, 0.1) is 6.10 Å². The molecule has 21 heavy (non-hydrogen) atoms. The standard InChI is InChI=1S/C18H34N2O/c1-2-15-6-7-18(21)17(14-15)20-12-8-16(9-13-20)19-10-4-3-5-11-19/h15-18,21H,2-14H2,1H3. The van der Waals surface area contributed by atoms with Crippen molar-refractivity contribution in [1.29, 1.82) is 0 Å². The monoisotopic (exact) mass is 294 g/mol. The normalized spacial score (nSPS) is 37.7. The van der Waals surface area contributed by atoms with Crippen LogP contribution in [0.2, 0.25) is 0 Å². The molecule has 0 aromatic heterocycles. The zero-order valence-corrected chi connectivity index (χ0v) is 13.8. The first-order chi connectivity index (χ1) is 10.3. The number of likely N-dealkylation sites (tertiary alicyclic amines) is 2. The van der Waals surface area contributed by atoms with E-state index in [1.54, 1.807) is 0 Å². The van der Waals surface area contributed by atoms with Gasteiger partial charge in [0.1, 0.15) is 0 Å². The number of rotatable bonds is 3. The van der Waals surface area contributed by atoms with E-state index in [9.17, 15) is 5.11 Å². The quantitative estimate of drug-likeness (QED) is 0.867. The topological polar surface area (TPSA) is 26.7 Å². The molecule has 0 amide bonds. The molecule has 3 heteroatoms. The van der Waals surface area contributed by atoms with Gasteiger partial charge in [0.25, 0.3) is 0 Å². The van der Waals surface area contributed by atoms with Crippen molar-refractivity contribution in [2.75, 3.05) is 26.2 Å². The Kier molecular flexibility index (Phi) is 5.58. The number of aliphatic hydroxyl groups is 1. The van der Waals surface area contributed by atoms with Crippen LogP contribution in [-0.4, -0.2) is 59.3 Å². The van der Waals surface area contributed by atoms with Crippen LogP contribution in [0.4, 0.5) is 0 Å². The summed E-state index contributed by atoms with van der Waals surface area (Å²) in [5.41, 5.74) is 0. The lowest BCUT2D eigenvalue weighted by Crippen LogP contribution is -2.53. The van der Waals surface area contributed by atoms with Gasteiger partial charge >= 0.3 is 0 Å². The van der Waals surface area contributed by atoms with Crippen molar-refractivity contribution in [2.24, 2.45) is 5.92 Å². The molecule has 3 aliphatic rings. The lowest BCUT2D eigenvalue weighted by atomic mass is 9.81. The third kappa shape index (κ3) is 3.80. The number of hydrogen-bond donors (Lipinski definition) is 1. The van der Waals surface area contributed by atoms with E-state index in [4.69, 9.17) is 0 Å². The first-order valence-corrected chi connectivity index (χ1v) is 9.44. The van der Waals surface area contributed by atoms with E-state index in [0.29, 0.717) is 6.04 Å². The molecule has 2 aliphatic heterocycles. The third-order valence-corrected chi connectivity index (χ3v) is 6.34. The van der Waals surface area contributed by atoms with Gasteiger partial charge in [-0.25, -0.2) is 0 Å². The Bertz CT molecular complexity index is 308. The van der Waals surface area contributed by atoms with Gasteiger partial charge in [-0.2, -0.15) is 0 Å². The molecule has 3 rings (SSSR count). The molecular weight excluding hydrogens is 260 g/mol. The molecule has 2 heterocycles. The van der Waals surface area contributed by atoms with Crippen LogP contribution >= 0.6 is 0 Å². The molecule has 0 aromatic carbocycles. The molecule has 3 fully saturated rings. The van der Waals surface area contributed by atoms with Crippen molar-refractivity contribution in [3.05, 3.63) is 0 Å². The second-order valence-electron chi connectivity index (χ2n) is 7.59. The van der Waals surface area contributed by atoms with Crippen LogP contribution in [-0.2, 0) is 0 Å². The maximum Gasteiger partial charge on any atom is 0.0695 e. The Balaban J connectivity index is 1.50. The molecule has 0 spiro atoms. The highest BCUT2D eigenvalue weighted by Crippen LogP contribution is 2.32. The number of nitrogens with zero attached hydrogens (tertiary/aromatic N) is 2. The van der Waals surface area contributed by atoms with Crippen molar-refractivity contribution >= 4 is 0 Å². The van der Waals surface area contributed by atoms with Crippen LogP contribution in [0.1, 0.15) is 64.7 Å². The summed E-state index contributed by atoms with van der Waals surface area (Å²) in [6.45, 7) is 7.38. The van der Waals surface area contributed by atoms with Gasteiger partial charge in [0, 0.05) is 25.2 Å². The summed E-state index contributed by atoms with van der Waals surface area (Å²) in [5.74, 6) is 0.846. The largest absolute Gasteiger partial charge is 0.391 e. The van der Waals surface area contributed by atoms with Gasteiger partial charge in [-0.3, -0.25) is 4.90 Å². The predicted octanol–water partition coefficient (Wildman–Crippen LogP) is 2.88. The SMILES string of the molecule is CCC1CCC(O)C(N2CCC(N3CCCCC3)CC2)C1. The van der Waals surface area contributed by atoms with E-state index in [1.807, 2.05) is 0 Å². The average molecular weight is 294 g/mol. The summed E-state index contributed by atoms with van der Waals surface area (Å²) in [6.07, 6.45) is 11.6. The molecule has 3 unspecified atom stereocenters. The Morgan fingerprint density at radius 1 is 0.857 bits per heavy atom. The molecular formula is C18H34N2O. The number of piperidine rings is 2. The Hall–Kier alpha value is -0.120. The highest BCUT2D eigenvalue weighted by atomic mass is 16.3. The first kappa shape index (κ1) is 15.8. The Morgan fingerprint density at radius 3 is 2.24 bits per heavy atom. The molecule has 1 N–H and O–H groups in total. The van der Waals surface area contributed by atoms with Gasteiger partial charge < -0.3 is 10.0 Å². The summed E-state index contributed by atoms with van der Waals surface area (Å²) < 4.78 is 0. The minimum atomic E-state index is -0.0701. The summed E-state index contributed by atoms with van der Waals surface area (Å²) >= 11 is 0. The van der Waals surface area contributed by atoms with Crippen molar-refractivity contribution < 1.29 is 5.11 Å². The van der Waals surface area contributed by atoms with Crippen molar-refractivity contribution in [3.63, 3.8) is 0 Å². The van der Waals surface area contributed by atoms with Gasteiger partial charge in [-0.1, -0.05) is 19.8 Å². The fourth-order valence-corrected chi connectivity index (χ4v) is 4.84. The van der Waals surface area contributed by atoms with Crippen molar-refractivity contribution in [1.82, 2.24) is 9.80 Å². The Labute approximate surface area is 130 Å². The summed E-state index contributed by atoms with van der Waals surface area (Å²) in [7, 11) is 0. The summed E-state index contributed by atoms with van der Waals surface area (Å²) in [6, 6.07) is 1.27. The molecule has 0 radical (unpaired) electrons. The smallest absolute Gasteiger partial charge is 0.0695 e. The van der Waals surface area contributed by atoms with Crippen LogP contribution in [0.25, 0.3) is 0 Å².